The summed E-state index contributed by atoms with van der Waals surface area (Å²) < 4.78 is 6.75. The van der Waals surface area contributed by atoms with Gasteiger partial charge in [-0.15, -0.1) is 0 Å². The van der Waals surface area contributed by atoms with Crippen LogP contribution in [0.4, 0.5) is 5.69 Å². The number of nitrogens with one attached hydrogen (secondary N) is 1. The second-order valence-corrected chi connectivity index (χ2v) is 6.44. The molecule has 2 amide bonds. The number of rotatable bonds is 7. The molecule has 9 nitrogen and oxygen atoms in total. The number of carbonyl (C=O) groups excluding carboxylic acids is 2. The second-order valence-electron chi connectivity index (χ2n) is 6.44. The van der Waals surface area contributed by atoms with Crippen LogP contribution in [0.25, 0.3) is 5.65 Å². The maximum absolute atomic E-state index is 12.3. The molecule has 9 heteroatoms. The summed E-state index contributed by atoms with van der Waals surface area (Å²) in [6, 6.07) is 8.70. The first-order chi connectivity index (χ1) is 13.9. The van der Waals surface area contributed by atoms with Crippen molar-refractivity contribution >= 4 is 23.1 Å². The van der Waals surface area contributed by atoms with Crippen molar-refractivity contribution in [2.75, 3.05) is 11.9 Å². The standard InChI is InChI=1S/C20H20N6O3/c1-12-16(13(2)26-20(24-12)17(11-23-26)19(22)28)7-8-18(27)25-14-3-5-15(6-4-14)29-10-9-21/h3-6,11H,7-8,10H2,1-2H3,(H2,22,28)(H,25,27). The zero-order valence-corrected chi connectivity index (χ0v) is 16.1. The summed E-state index contributed by atoms with van der Waals surface area (Å²) in [5.41, 5.74) is 9.12. The number of nitrogens with zero attached hydrogens (tertiary/aromatic N) is 4. The van der Waals surface area contributed by atoms with Crippen molar-refractivity contribution in [3.63, 3.8) is 0 Å². The lowest BCUT2D eigenvalue weighted by Gasteiger charge is -2.12. The summed E-state index contributed by atoms with van der Waals surface area (Å²) in [6.45, 7) is 3.67. The molecule has 1 aromatic carbocycles. The summed E-state index contributed by atoms with van der Waals surface area (Å²) >= 11 is 0. The van der Waals surface area contributed by atoms with E-state index in [1.807, 2.05) is 19.9 Å². The van der Waals surface area contributed by atoms with Crippen LogP contribution in [-0.2, 0) is 11.2 Å². The van der Waals surface area contributed by atoms with Gasteiger partial charge in [0.1, 0.15) is 17.4 Å². The molecule has 3 aromatic rings. The quantitative estimate of drug-likeness (QED) is 0.630. The first kappa shape index (κ1) is 19.8. The van der Waals surface area contributed by atoms with Crippen molar-refractivity contribution < 1.29 is 14.3 Å². The number of hydrogen-bond acceptors (Lipinski definition) is 6. The smallest absolute Gasteiger partial charge is 0.254 e. The van der Waals surface area contributed by atoms with Crippen LogP contribution in [0, 0.1) is 25.2 Å². The summed E-state index contributed by atoms with van der Waals surface area (Å²) in [5.74, 6) is -0.167. The van der Waals surface area contributed by atoms with E-state index in [-0.39, 0.29) is 24.5 Å². The molecule has 148 valence electrons. The van der Waals surface area contributed by atoms with E-state index in [2.05, 4.69) is 15.4 Å². The minimum absolute atomic E-state index is 0.0278. The minimum atomic E-state index is -0.581. The lowest BCUT2D eigenvalue weighted by atomic mass is 10.1. The Morgan fingerprint density at radius 3 is 2.66 bits per heavy atom. The Labute approximate surface area is 167 Å². The first-order valence-electron chi connectivity index (χ1n) is 8.94. The lowest BCUT2D eigenvalue weighted by molar-refractivity contribution is -0.116. The molecular weight excluding hydrogens is 372 g/mol. The highest BCUT2D eigenvalue weighted by molar-refractivity contribution is 5.98. The zero-order valence-electron chi connectivity index (χ0n) is 16.1. The van der Waals surface area contributed by atoms with Crippen molar-refractivity contribution in [3.05, 3.63) is 53.0 Å². The maximum atomic E-state index is 12.3. The number of nitrogens with two attached hydrogens (primary N) is 1. The summed E-state index contributed by atoms with van der Waals surface area (Å²) in [5, 5.41) is 15.5. The molecule has 2 aromatic heterocycles. The predicted molar refractivity (Wildman–Crippen MR) is 105 cm³/mol. The van der Waals surface area contributed by atoms with Crippen molar-refractivity contribution in [1.29, 1.82) is 5.26 Å². The molecule has 0 unspecified atom stereocenters. The van der Waals surface area contributed by atoms with Gasteiger partial charge in [-0.1, -0.05) is 0 Å². The van der Waals surface area contributed by atoms with Gasteiger partial charge in [0.15, 0.2) is 12.3 Å². The molecule has 3 rings (SSSR count). The molecule has 0 aliphatic heterocycles. The van der Waals surface area contributed by atoms with Crippen molar-refractivity contribution in [2.45, 2.75) is 26.7 Å². The van der Waals surface area contributed by atoms with Gasteiger partial charge in [0.25, 0.3) is 5.91 Å². The summed E-state index contributed by atoms with van der Waals surface area (Å²) in [7, 11) is 0. The molecule has 0 aliphatic carbocycles. The third kappa shape index (κ3) is 4.32. The molecule has 0 atom stereocenters. The van der Waals surface area contributed by atoms with Gasteiger partial charge < -0.3 is 15.8 Å². The highest BCUT2D eigenvalue weighted by Crippen LogP contribution is 2.19. The molecule has 2 heterocycles. The lowest BCUT2D eigenvalue weighted by Crippen LogP contribution is -2.15. The predicted octanol–water partition coefficient (Wildman–Crippen LogP) is 1.92. The van der Waals surface area contributed by atoms with Crippen molar-refractivity contribution in [3.8, 4) is 11.8 Å². The Balaban J connectivity index is 1.68. The van der Waals surface area contributed by atoms with E-state index < -0.39 is 5.91 Å². The number of aromatic nitrogens is 3. The third-order valence-corrected chi connectivity index (χ3v) is 4.52. The highest BCUT2D eigenvalue weighted by atomic mass is 16.5. The third-order valence-electron chi connectivity index (χ3n) is 4.52. The monoisotopic (exact) mass is 392 g/mol. The van der Waals surface area contributed by atoms with Crippen molar-refractivity contribution in [1.82, 2.24) is 14.6 Å². The molecule has 0 saturated heterocycles. The molecule has 3 N–H and O–H groups in total. The van der Waals surface area contributed by atoms with E-state index >= 15 is 0 Å². The van der Waals surface area contributed by atoms with Crippen LogP contribution < -0.4 is 15.8 Å². The molecule has 0 spiro atoms. The number of aryl methyl sites for hydroxylation is 2. The normalized spacial score (nSPS) is 10.5. The Morgan fingerprint density at radius 1 is 1.28 bits per heavy atom. The molecule has 0 aliphatic rings. The van der Waals surface area contributed by atoms with Crippen LogP contribution in [0.15, 0.2) is 30.5 Å². The van der Waals surface area contributed by atoms with E-state index in [1.165, 1.54) is 6.20 Å². The molecule has 0 bridgehead atoms. The highest BCUT2D eigenvalue weighted by Gasteiger charge is 2.17. The number of anilines is 1. The number of benzene rings is 1. The molecular formula is C20H20N6O3. The van der Waals surface area contributed by atoms with E-state index in [0.717, 1.165) is 17.0 Å². The number of amides is 2. The van der Waals surface area contributed by atoms with Crippen LogP contribution in [0.5, 0.6) is 5.75 Å². The van der Waals surface area contributed by atoms with Gasteiger partial charge in [0.05, 0.1) is 6.20 Å². The van der Waals surface area contributed by atoms with Gasteiger partial charge in [-0.3, -0.25) is 9.59 Å². The van der Waals surface area contributed by atoms with Gasteiger partial charge >= 0.3 is 0 Å². The Bertz CT molecular complexity index is 1110. The SMILES string of the molecule is Cc1nc2c(C(N)=O)cnn2c(C)c1CCC(=O)Nc1ccc(OCC#N)cc1. The van der Waals surface area contributed by atoms with Gasteiger partial charge in [0.2, 0.25) is 5.91 Å². The molecule has 0 saturated carbocycles. The number of nitriles is 1. The summed E-state index contributed by atoms with van der Waals surface area (Å²) in [4.78, 5) is 28.3. The van der Waals surface area contributed by atoms with E-state index in [1.54, 1.807) is 28.8 Å². The van der Waals surface area contributed by atoms with Gasteiger partial charge in [-0.05, 0) is 50.1 Å². The Hall–Kier alpha value is -3.93. The van der Waals surface area contributed by atoms with Crippen LogP contribution in [0.2, 0.25) is 0 Å². The van der Waals surface area contributed by atoms with Gasteiger partial charge in [-0.25, -0.2) is 9.50 Å². The summed E-state index contributed by atoms with van der Waals surface area (Å²) in [6.07, 6.45) is 2.13. The second kappa shape index (κ2) is 8.39. The fourth-order valence-corrected chi connectivity index (χ4v) is 3.06. The Morgan fingerprint density at radius 2 is 2.00 bits per heavy atom. The van der Waals surface area contributed by atoms with Crippen LogP contribution in [0.1, 0.15) is 33.7 Å². The fourth-order valence-electron chi connectivity index (χ4n) is 3.06. The van der Waals surface area contributed by atoms with Gasteiger partial charge in [-0.2, -0.15) is 10.4 Å². The number of primary amides is 1. The van der Waals surface area contributed by atoms with Crippen LogP contribution >= 0.6 is 0 Å². The average Bonchev–Trinajstić information content (AvgIpc) is 3.11. The largest absolute Gasteiger partial charge is 0.479 e. The van der Waals surface area contributed by atoms with Crippen LogP contribution in [0.3, 0.4) is 0 Å². The first-order valence-corrected chi connectivity index (χ1v) is 8.94. The average molecular weight is 392 g/mol. The minimum Gasteiger partial charge on any atom is -0.479 e. The molecule has 0 fully saturated rings. The van der Waals surface area contributed by atoms with E-state index in [9.17, 15) is 9.59 Å². The number of fused-ring (bicyclic) bond motifs is 1. The Kier molecular flexibility index (Phi) is 5.74. The molecule has 29 heavy (non-hydrogen) atoms. The number of ether oxygens (including phenoxy) is 1. The number of hydrogen-bond donors (Lipinski definition) is 2. The maximum Gasteiger partial charge on any atom is 0.254 e. The number of carbonyl (C=O) groups is 2. The fraction of sp³-hybridized carbons (Fsp3) is 0.250. The van der Waals surface area contributed by atoms with E-state index in [4.69, 9.17) is 15.7 Å². The zero-order chi connectivity index (χ0) is 21.0. The van der Waals surface area contributed by atoms with Gasteiger partial charge in [0, 0.05) is 23.5 Å². The van der Waals surface area contributed by atoms with Crippen LogP contribution in [-0.4, -0.2) is 33.0 Å². The molecule has 0 radical (unpaired) electrons. The topological polar surface area (TPSA) is 135 Å². The van der Waals surface area contributed by atoms with E-state index in [0.29, 0.717) is 23.5 Å². The van der Waals surface area contributed by atoms with Crippen molar-refractivity contribution in [2.24, 2.45) is 5.73 Å².